The number of anilines is 1. The number of carbonyl (C=O) groups is 6. The third-order valence-corrected chi connectivity index (χ3v) is 9.75. The first kappa shape index (κ1) is 31.8. The number of ether oxygens (including phenoxy) is 1. The van der Waals surface area contributed by atoms with Gasteiger partial charge in [0.25, 0.3) is 5.91 Å². The molecule has 2 amide bonds. The zero-order valence-corrected chi connectivity index (χ0v) is 25.9. The Bertz CT molecular complexity index is 1850. The van der Waals surface area contributed by atoms with Crippen LogP contribution in [0, 0.1) is 23.7 Å². The first-order valence-electron chi connectivity index (χ1n) is 15.0. The van der Waals surface area contributed by atoms with Gasteiger partial charge in [0.1, 0.15) is 11.5 Å². The van der Waals surface area contributed by atoms with Crippen LogP contribution in [0.1, 0.15) is 32.7 Å². The lowest BCUT2D eigenvalue weighted by molar-refractivity contribution is -0.181. The molecule has 5 N–H and O–H groups in total. The van der Waals surface area contributed by atoms with E-state index in [1.54, 1.807) is 54.6 Å². The summed E-state index contributed by atoms with van der Waals surface area (Å²) in [6, 6.07) is 15.4. The minimum absolute atomic E-state index is 0.0463. The maximum absolute atomic E-state index is 14.0. The number of ketones is 4. The average Bonchev–Trinajstić information content (AvgIpc) is 3.03. The number of methoxy groups -OCH3 is 1. The van der Waals surface area contributed by atoms with Crippen molar-refractivity contribution in [3.8, 4) is 22.6 Å². The highest BCUT2D eigenvalue weighted by molar-refractivity contribution is 6.32. The van der Waals surface area contributed by atoms with Crippen LogP contribution in [0.4, 0.5) is 5.69 Å². The number of hydrogen-bond acceptors (Lipinski definition) is 10. The topological polar surface area (TPSA) is 193 Å². The number of rotatable bonds is 6. The highest BCUT2D eigenvalue weighted by atomic mass is 16.5. The lowest BCUT2D eigenvalue weighted by Gasteiger charge is -2.52. The van der Waals surface area contributed by atoms with Crippen LogP contribution < -0.4 is 15.8 Å². The van der Waals surface area contributed by atoms with E-state index in [2.05, 4.69) is 5.32 Å². The van der Waals surface area contributed by atoms with Gasteiger partial charge in [-0.15, -0.1) is 0 Å². The fourth-order valence-corrected chi connectivity index (χ4v) is 7.55. The van der Waals surface area contributed by atoms with E-state index in [0.29, 0.717) is 33.7 Å². The molecule has 0 spiro atoms. The van der Waals surface area contributed by atoms with Crippen molar-refractivity contribution in [3.05, 3.63) is 77.4 Å². The molecule has 6 rings (SSSR count). The van der Waals surface area contributed by atoms with Gasteiger partial charge in [0.05, 0.1) is 24.6 Å². The lowest BCUT2D eigenvalue weighted by atomic mass is 9.52. The van der Waals surface area contributed by atoms with Gasteiger partial charge in [-0.05, 0) is 92.0 Å². The number of amides is 2. The van der Waals surface area contributed by atoms with E-state index in [-0.39, 0.29) is 30.1 Å². The van der Waals surface area contributed by atoms with E-state index >= 15 is 0 Å². The Morgan fingerprint density at radius 3 is 2.21 bits per heavy atom. The Morgan fingerprint density at radius 1 is 0.957 bits per heavy atom. The Labute approximate surface area is 269 Å². The van der Waals surface area contributed by atoms with Crippen molar-refractivity contribution in [1.29, 1.82) is 0 Å². The first-order valence-corrected chi connectivity index (χ1v) is 15.0. The number of nitrogens with one attached hydrogen (secondary N) is 1. The summed E-state index contributed by atoms with van der Waals surface area (Å²) in [6.45, 7) is 0. The second kappa shape index (κ2) is 11.6. The molecule has 12 nitrogen and oxygen atoms in total. The molecular formula is C35H33N3O9. The van der Waals surface area contributed by atoms with Crippen molar-refractivity contribution in [2.75, 3.05) is 26.5 Å². The summed E-state index contributed by atoms with van der Waals surface area (Å²) in [5.41, 5.74) is 5.22. The van der Waals surface area contributed by atoms with Gasteiger partial charge in [-0.2, -0.15) is 0 Å². The molecule has 47 heavy (non-hydrogen) atoms. The zero-order chi connectivity index (χ0) is 33.9. The Kier molecular flexibility index (Phi) is 7.81. The number of likely N-dealkylation sites (N-methyl/N-ethyl adjacent to an activating group) is 1. The number of fused-ring (bicyclic) bond motifs is 3. The van der Waals surface area contributed by atoms with Gasteiger partial charge >= 0.3 is 0 Å². The quantitative estimate of drug-likeness (QED) is 0.289. The van der Waals surface area contributed by atoms with Gasteiger partial charge in [-0.25, -0.2) is 0 Å². The van der Waals surface area contributed by atoms with E-state index in [0.717, 1.165) is 0 Å². The monoisotopic (exact) mass is 639 g/mol. The fourth-order valence-electron chi connectivity index (χ4n) is 7.55. The van der Waals surface area contributed by atoms with E-state index in [1.165, 1.54) is 32.2 Å². The summed E-state index contributed by atoms with van der Waals surface area (Å²) in [6.07, 6.45) is 0.0842. The number of Topliss-reactive ketones (excluding diaryl/α,β-unsaturated/α-hetero) is 4. The molecule has 0 aromatic heterocycles. The lowest BCUT2D eigenvalue weighted by Crippen LogP contribution is -2.74. The van der Waals surface area contributed by atoms with Crippen LogP contribution in [0.5, 0.6) is 11.5 Å². The van der Waals surface area contributed by atoms with Gasteiger partial charge in [-0.3, -0.25) is 33.7 Å². The van der Waals surface area contributed by atoms with Gasteiger partial charge in [0, 0.05) is 17.2 Å². The summed E-state index contributed by atoms with van der Waals surface area (Å²) >= 11 is 0. The molecule has 0 saturated heterocycles. The summed E-state index contributed by atoms with van der Waals surface area (Å²) in [5, 5.41) is 25.4. The SMILES string of the molecule is COc1ccc(C(=O)Nc2ccc(-c3ccc(O)c4c3C[C@@H]3C[C@@H]5C(N(C)C)C(=O)C(C(N)=O)C(=O)[C@]5(O)C(=O)C3C4=O)cc2)cc1. The van der Waals surface area contributed by atoms with Crippen molar-refractivity contribution in [2.45, 2.75) is 24.5 Å². The van der Waals surface area contributed by atoms with Crippen molar-refractivity contribution >= 4 is 40.6 Å². The first-order chi connectivity index (χ1) is 22.3. The molecule has 2 saturated carbocycles. The number of nitrogens with zero attached hydrogens (tertiary/aromatic N) is 1. The van der Waals surface area contributed by atoms with Crippen LogP contribution >= 0.6 is 0 Å². The van der Waals surface area contributed by atoms with Crippen molar-refractivity contribution in [3.63, 3.8) is 0 Å². The Balaban J connectivity index is 1.34. The molecule has 0 heterocycles. The van der Waals surface area contributed by atoms with Crippen molar-refractivity contribution in [1.82, 2.24) is 4.90 Å². The maximum atomic E-state index is 14.0. The predicted octanol–water partition coefficient (Wildman–Crippen LogP) is 1.79. The summed E-state index contributed by atoms with van der Waals surface area (Å²) < 4.78 is 5.13. The standard InChI is InChI=1S/C35H33N3O9/c1-38(2)28-23-15-18-14-22-21(16-4-8-19(9-5-16)37-34(45)17-6-10-20(47-3)11-7-17)12-13-24(39)26(22)29(40)25(18)31(42)35(23,46)32(43)27(30(28)41)33(36)44/h4-13,18,23,25,27-28,39,46H,14-15H2,1-3H3,(H2,36,44)(H,37,45)/t18-,23-,25?,27?,28?,35-/m1/s1. The van der Waals surface area contributed by atoms with Crippen LogP contribution in [0.2, 0.25) is 0 Å². The molecule has 3 aliphatic rings. The number of hydrogen-bond donors (Lipinski definition) is 4. The van der Waals surface area contributed by atoms with Crippen LogP contribution in [0.15, 0.2) is 60.7 Å². The molecule has 3 aromatic rings. The molecule has 3 aromatic carbocycles. The highest BCUT2D eigenvalue weighted by Gasteiger charge is 2.69. The molecule has 0 radical (unpaired) electrons. The largest absolute Gasteiger partial charge is 0.507 e. The maximum Gasteiger partial charge on any atom is 0.255 e. The number of primary amides is 1. The summed E-state index contributed by atoms with van der Waals surface area (Å²) in [4.78, 5) is 81.1. The normalized spacial score (nSPS) is 26.7. The average molecular weight is 640 g/mol. The van der Waals surface area contributed by atoms with E-state index in [9.17, 15) is 39.0 Å². The minimum Gasteiger partial charge on any atom is -0.507 e. The molecule has 0 bridgehead atoms. The van der Waals surface area contributed by atoms with Crippen molar-refractivity contribution in [2.24, 2.45) is 29.4 Å². The van der Waals surface area contributed by atoms with Crippen LogP contribution in [-0.2, 0) is 25.6 Å². The minimum atomic E-state index is -2.78. The van der Waals surface area contributed by atoms with Gasteiger partial charge in [0.15, 0.2) is 34.7 Å². The number of aliphatic hydroxyl groups is 1. The number of aromatic hydroxyl groups is 1. The molecular weight excluding hydrogens is 606 g/mol. The molecule has 3 unspecified atom stereocenters. The second-order valence-corrected chi connectivity index (χ2v) is 12.5. The number of carbonyl (C=O) groups excluding carboxylic acids is 6. The van der Waals surface area contributed by atoms with Crippen LogP contribution in [0.3, 0.4) is 0 Å². The second-order valence-electron chi connectivity index (χ2n) is 12.5. The number of phenolic OH excluding ortho intramolecular Hbond substituents is 1. The molecule has 3 aliphatic carbocycles. The molecule has 2 fully saturated rings. The third-order valence-electron chi connectivity index (χ3n) is 9.75. The van der Waals surface area contributed by atoms with Crippen LogP contribution in [0.25, 0.3) is 11.1 Å². The predicted molar refractivity (Wildman–Crippen MR) is 168 cm³/mol. The Morgan fingerprint density at radius 2 is 1.62 bits per heavy atom. The van der Waals surface area contributed by atoms with Crippen LogP contribution in [-0.4, -0.2) is 82.9 Å². The number of phenols is 1. The molecule has 12 heteroatoms. The zero-order valence-electron chi connectivity index (χ0n) is 25.9. The highest BCUT2D eigenvalue weighted by Crippen LogP contribution is 2.51. The number of nitrogens with two attached hydrogens (primary N) is 1. The van der Waals surface area contributed by atoms with Gasteiger partial charge in [0.2, 0.25) is 5.91 Å². The van der Waals surface area contributed by atoms with E-state index in [1.807, 2.05) is 0 Å². The van der Waals surface area contributed by atoms with Crippen molar-refractivity contribution < 1.29 is 43.7 Å². The third kappa shape index (κ3) is 4.91. The van der Waals surface area contributed by atoms with E-state index < -0.39 is 64.4 Å². The van der Waals surface area contributed by atoms with Gasteiger partial charge < -0.3 is 26.0 Å². The smallest absolute Gasteiger partial charge is 0.255 e. The number of benzene rings is 3. The Hall–Kier alpha value is -5.20. The molecule has 242 valence electrons. The molecule has 6 atom stereocenters. The van der Waals surface area contributed by atoms with E-state index in [4.69, 9.17) is 10.5 Å². The fraction of sp³-hybridized carbons (Fsp3) is 0.314. The summed E-state index contributed by atoms with van der Waals surface area (Å²) in [7, 11) is 4.61. The summed E-state index contributed by atoms with van der Waals surface area (Å²) in [5.74, 6) is -10.7. The van der Waals surface area contributed by atoms with Gasteiger partial charge in [-0.1, -0.05) is 18.2 Å². The molecule has 0 aliphatic heterocycles.